The van der Waals surface area contributed by atoms with Crippen molar-refractivity contribution in [1.82, 2.24) is 24.7 Å². The molecule has 0 spiro atoms. The van der Waals surface area contributed by atoms with E-state index in [0.717, 1.165) is 26.8 Å². The number of hydrogen-bond donors (Lipinski definition) is 1. The lowest BCUT2D eigenvalue weighted by atomic mass is 10.2. The SMILES string of the molecule is Cc1sc2nc(CSc3nnc(C(F)(F)F)n3C)[nH]c(=O)c2c1C. The van der Waals surface area contributed by atoms with Gasteiger partial charge in [0.05, 0.1) is 11.1 Å². The summed E-state index contributed by atoms with van der Waals surface area (Å²) in [6.07, 6.45) is -4.56. The van der Waals surface area contributed by atoms with Crippen LogP contribution in [-0.4, -0.2) is 24.7 Å². The number of halogens is 3. The summed E-state index contributed by atoms with van der Waals surface area (Å²) in [5.74, 6) is -0.493. The van der Waals surface area contributed by atoms with Gasteiger partial charge in [0.2, 0.25) is 5.82 Å². The van der Waals surface area contributed by atoms with Crippen LogP contribution in [0, 0.1) is 13.8 Å². The number of fused-ring (bicyclic) bond motifs is 1. The Hall–Kier alpha value is -1.88. The van der Waals surface area contributed by atoms with E-state index < -0.39 is 12.0 Å². The number of alkyl halides is 3. The number of rotatable bonds is 3. The van der Waals surface area contributed by atoms with E-state index in [1.54, 1.807) is 0 Å². The highest BCUT2D eigenvalue weighted by molar-refractivity contribution is 7.98. The molecular formula is C13H12F3N5OS2. The smallest absolute Gasteiger partial charge is 0.309 e. The van der Waals surface area contributed by atoms with Gasteiger partial charge in [0.1, 0.15) is 10.7 Å². The molecule has 0 saturated carbocycles. The van der Waals surface area contributed by atoms with Crippen molar-refractivity contribution >= 4 is 33.3 Å². The minimum atomic E-state index is -4.56. The third-order valence-electron chi connectivity index (χ3n) is 3.51. The summed E-state index contributed by atoms with van der Waals surface area (Å²) in [7, 11) is 1.25. The van der Waals surface area contributed by atoms with Gasteiger partial charge in [-0.3, -0.25) is 4.79 Å². The number of hydrogen-bond acceptors (Lipinski definition) is 6. The largest absolute Gasteiger partial charge is 0.451 e. The molecule has 3 rings (SSSR count). The number of nitrogens with zero attached hydrogens (tertiary/aromatic N) is 4. The number of thioether (sulfide) groups is 1. The molecule has 0 aliphatic carbocycles. The summed E-state index contributed by atoms with van der Waals surface area (Å²) in [6.45, 7) is 3.77. The second kappa shape index (κ2) is 5.88. The number of thiophene rings is 1. The van der Waals surface area contributed by atoms with Crippen LogP contribution >= 0.6 is 23.1 Å². The van der Waals surface area contributed by atoms with E-state index in [-0.39, 0.29) is 16.5 Å². The lowest BCUT2D eigenvalue weighted by Crippen LogP contribution is -2.13. The average molecular weight is 375 g/mol. The lowest BCUT2D eigenvalue weighted by molar-refractivity contribution is -0.147. The highest BCUT2D eigenvalue weighted by atomic mass is 32.2. The van der Waals surface area contributed by atoms with E-state index in [2.05, 4.69) is 20.2 Å². The van der Waals surface area contributed by atoms with Crippen molar-refractivity contribution < 1.29 is 13.2 Å². The molecule has 3 aromatic heterocycles. The van der Waals surface area contributed by atoms with E-state index >= 15 is 0 Å². The van der Waals surface area contributed by atoms with Crippen molar-refractivity contribution in [2.45, 2.75) is 30.9 Å². The zero-order valence-electron chi connectivity index (χ0n) is 12.9. The van der Waals surface area contributed by atoms with Crippen molar-refractivity contribution in [1.29, 1.82) is 0 Å². The summed E-state index contributed by atoms with van der Waals surface area (Å²) >= 11 is 2.44. The molecule has 0 aromatic carbocycles. The molecule has 6 nitrogen and oxygen atoms in total. The molecule has 0 radical (unpaired) electrons. The Balaban J connectivity index is 1.87. The summed E-state index contributed by atoms with van der Waals surface area (Å²) in [5, 5.41) is 7.36. The Kier molecular flexibility index (Phi) is 4.16. The Bertz CT molecular complexity index is 973. The normalized spacial score (nSPS) is 12.2. The predicted octanol–water partition coefficient (Wildman–Crippen LogP) is 3.04. The highest BCUT2D eigenvalue weighted by Crippen LogP contribution is 2.30. The van der Waals surface area contributed by atoms with Crippen LogP contribution in [0.25, 0.3) is 10.2 Å². The first kappa shape index (κ1) is 17.0. The average Bonchev–Trinajstić information content (AvgIpc) is 2.97. The maximum atomic E-state index is 12.7. The molecule has 0 unspecified atom stereocenters. The van der Waals surface area contributed by atoms with Gasteiger partial charge in [-0.1, -0.05) is 11.8 Å². The lowest BCUT2D eigenvalue weighted by Gasteiger charge is -2.06. The van der Waals surface area contributed by atoms with Crippen molar-refractivity contribution in [3.8, 4) is 0 Å². The topological polar surface area (TPSA) is 76.5 Å². The molecular weight excluding hydrogens is 363 g/mol. The van der Waals surface area contributed by atoms with Crippen LogP contribution in [0.2, 0.25) is 0 Å². The highest BCUT2D eigenvalue weighted by Gasteiger charge is 2.37. The number of aromatic nitrogens is 5. The fourth-order valence-electron chi connectivity index (χ4n) is 2.19. The molecule has 128 valence electrons. The zero-order valence-corrected chi connectivity index (χ0v) is 14.5. The minimum Gasteiger partial charge on any atom is -0.309 e. The molecule has 0 fully saturated rings. The predicted molar refractivity (Wildman–Crippen MR) is 85.3 cm³/mol. The second-order valence-corrected chi connectivity index (χ2v) is 7.27. The molecule has 0 aliphatic heterocycles. The fraction of sp³-hybridized carbons (Fsp3) is 0.385. The maximum Gasteiger partial charge on any atom is 0.451 e. The fourth-order valence-corrected chi connectivity index (χ4v) is 4.02. The van der Waals surface area contributed by atoms with Crippen molar-refractivity contribution in [2.24, 2.45) is 7.05 Å². The van der Waals surface area contributed by atoms with E-state index in [1.807, 2.05) is 13.8 Å². The third-order valence-corrected chi connectivity index (χ3v) is 5.65. The maximum absolute atomic E-state index is 12.7. The van der Waals surface area contributed by atoms with E-state index in [4.69, 9.17) is 0 Å². The van der Waals surface area contributed by atoms with E-state index in [9.17, 15) is 18.0 Å². The monoisotopic (exact) mass is 375 g/mol. The van der Waals surface area contributed by atoms with Gasteiger partial charge in [0.15, 0.2) is 5.16 Å². The number of H-pyrrole nitrogens is 1. The first-order valence-corrected chi connectivity index (χ1v) is 8.57. The van der Waals surface area contributed by atoms with Crippen LogP contribution < -0.4 is 5.56 Å². The molecule has 0 atom stereocenters. The van der Waals surface area contributed by atoms with Gasteiger partial charge in [-0.2, -0.15) is 13.2 Å². The summed E-state index contributed by atoms with van der Waals surface area (Å²) in [4.78, 5) is 20.9. The molecule has 0 amide bonds. The van der Waals surface area contributed by atoms with Gasteiger partial charge in [-0.15, -0.1) is 21.5 Å². The van der Waals surface area contributed by atoms with Crippen molar-refractivity contribution in [2.75, 3.05) is 0 Å². The third kappa shape index (κ3) is 2.93. The zero-order chi connectivity index (χ0) is 17.6. The van der Waals surface area contributed by atoms with Crippen LogP contribution in [0.1, 0.15) is 22.1 Å². The van der Waals surface area contributed by atoms with Gasteiger partial charge < -0.3 is 9.55 Å². The first-order chi connectivity index (χ1) is 11.2. The standard InChI is InChI=1S/C13H12F3N5OS2/c1-5-6(2)24-10-8(5)9(22)17-7(18-10)4-23-12-20-19-11(21(12)3)13(14,15)16/h4H2,1-3H3,(H,17,18,22). The van der Waals surface area contributed by atoms with Gasteiger partial charge >= 0.3 is 6.18 Å². The molecule has 3 aromatic rings. The van der Waals surface area contributed by atoms with Crippen molar-refractivity contribution in [3.05, 3.63) is 32.4 Å². The van der Waals surface area contributed by atoms with E-state index in [1.165, 1.54) is 18.4 Å². The van der Waals surface area contributed by atoms with Gasteiger partial charge in [0.25, 0.3) is 5.56 Å². The first-order valence-electron chi connectivity index (χ1n) is 6.76. The van der Waals surface area contributed by atoms with Crippen LogP contribution in [0.4, 0.5) is 13.2 Å². The van der Waals surface area contributed by atoms with Crippen LogP contribution in [0.3, 0.4) is 0 Å². The number of aromatic amines is 1. The summed E-state index contributed by atoms with van der Waals surface area (Å²) in [5.41, 5.74) is 0.650. The van der Waals surface area contributed by atoms with Gasteiger partial charge in [-0.25, -0.2) is 4.98 Å². The molecule has 1 N–H and O–H groups in total. The quantitative estimate of drug-likeness (QED) is 0.712. The molecule has 3 heterocycles. The van der Waals surface area contributed by atoms with Crippen molar-refractivity contribution in [3.63, 3.8) is 0 Å². The van der Waals surface area contributed by atoms with Crippen LogP contribution in [0.15, 0.2) is 9.95 Å². The Morgan fingerprint density at radius 1 is 1.29 bits per heavy atom. The Morgan fingerprint density at radius 3 is 2.62 bits per heavy atom. The summed E-state index contributed by atoms with van der Waals surface area (Å²) in [6, 6.07) is 0. The molecule has 0 bridgehead atoms. The van der Waals surface area contributed by atoms with Crippen LogP contribution in [-0.2, 0) is 19.0 Å². The van der Waals surface area contributed by atoms with Crippen LogP contribution in [0.5, 0.6) is 0 Å². The molecule has 11 heteroatoms. The van der Waals surface area contributed by atoms with E-state index in [0.29, 0.717) is 16.0 Å². The Morgan fingerprint density at radius 2 is 2.00 bits per heavy atom. The molecule has 0 aliphatic rings. The number of nitrogens with one attached hydrogen (secondary N) is 1. The van der Waals surface area contributed by atoms with Gasteiger partial charge in [0, 0.05) is 11.9 Å². The molecule has 0 saturated heterocycles. The summed E-state index contributed by atoms with van der Waals surface area (Å²) < 4.78 is 39.0. The Labute approximate surface area is 142 Å². The number of aryl methyl sites for hydroxylation is 2. The second-order valence-electron chi connectivity index (χ2n) is 5.13. The molecule has 24 heavy (non-hydrogen) atoms. The minimum absolute atomic E-state index is 0.101. The van der Waals surface area contributed by atoms with Gasteiger partial charge in [-0.05, 0) is 19.4 Å².